The Labute approximate surface area is 151 Å². The molecule has 0 N–H and O–H groups in total. The number of hydrogen-bond acceptors (Lipinski definition) is 5. The Bertz CT molecular complexity index is 504. The molecule has 140 valence electrons. The molecular formula is C19H31N3O3. The Balaban J connectivity index is 1.72. The topological polar surface area (TPSA) is 54.9 Å². The van der Waals surface area contributed by atoms with Crippen LogP contribution in [0.2, 0.25) is 0 Å². The zero-order chi connectivity index (χ0) is 18.1. The van der Waals surface area contributed by atoms with Crippen molar-refractivity contribution in [2.45, 2.75) is 45.4 Å². The molecule has 0 aromatic carbocycles. The molecule has 6 nitrogen and oxygen atoms in total. The number of hydrogen-bond donors (Lipinski definition) is 0. The SMILES string of the molecule is CCOCCO[C@@H](C)C(=O)N(C)C1CCN(Cc2ccncc2)CC1. The average Bonchev–Trinajstić information content (AvgIpc) is 2.65. The Kier molecular flexibility index (Phi) is 8.31. The fraction of sp³-hybridized carbons (Fsp3) is 0.684. The molecule has 0 spiro atoms. The normalized spacial score (nSPS) is 17.4. The minimum atomic E-state index is -0.416. The van der Waals surface area contributed by atoms with E-state index in [1.165, 1.54) is 5.56 Å². The van der Waals surface area contributed by atoms with Crippen molar-refractivity contribution >= 4 is 5.91 Å². The van der Waals surface area contributed by atoms with E-state index in [1.807, 2.05) is 38.2 Å². The van der Waals surface area contributed by atoms with Gasteiger partial charge in [0.05, 0.1) is 13.2 Å². The summed E-state index contributed by atoms with van der Waals surface area (Å²) in [6.07, 6.45) is 5.25. The number of likely N-dealkylation sites (N-methyl/N-ethyl adjacent to an activating group) is 1. The van der Waals surface area contributed by atoms with Gasteiger partial charge in [-0.05, 0) is 44.4 Å². The first-order chi connectivity index (χ1) is 12.1. The highest BCUT2D eigenvalue weighted by atomic mass is 16.5. The summed E-state index contributed by atoms with van der Waals surface area (Å²) in [7, 11) is 1.90. The number of amides is 1. The lowest BCUT2D eigenvalue weighted by molar-refractivity contribution is -0.145. The molecule has 1 aromatic heterocycles. The van der Waals surface area contributed by atoms with Crippen LogP contribution in [0, 0.1) is 0 Å². The van der Waals surface area contributed by atoms with Crippen molar-refractivity contribution in [3.63, 3.8) is 0 Å². The fourth-order valence-electron chi connectivity index (χ4n) is 3.18. The third kappa shape index (κ3) is 6.38. The second-order valence-electron chi connectivity index (χ2n) is 6.52. The van der Waals surface area contributed by atoms with Crippen molar-refractivity contribution in [2.75, 3.05) is 40.0 Å². The standard InChI is InChI=1S/C19H31N3O3/c1-4-24-13-14-25-16(2)19(23)21(3)18-7-11-22(12-8-18)15-17-5-9-20-10-6-17/h5-6,9-10,16,18H,4,7-8,11-15H2,1-3H3/t16-/m0/s1. The van der Waals surface area contributed by atoms with Gasteiger partial charge in [0.15, 0.2) is 0 Å². The molecule has 1 aliphatic rings. The van der Waals surface area contributed by atoms with Crippen molar-refractivity contribution in [3.8, 4) is 0 Å². The summed E-state index contributed by atoms with van der Waals surface area (Å²) in [5.41, 5.74) is 1.29. The number of pyridine rings is 1. The van der Waals surface area contributed by atoms with Crippen LogP contribution in [0.5, 0.6) is 0 Å². The van der Waals surface area contributed by atoms with Crippen LogP contribution >= 0.6 is 0 Å². The number of carbonyl (C=O) groups excluding carboxylic acids is 1. The van der Waals surface area contributed by atoms with Crippen LogP contribution in [0.25, 0.3) is 0 Å². The molecule has 2 rings (SSSR count). The fourth-order valence-corrected chi connectivity index (χ4v) is 3.18. The van der Waals surface area contributed by atoms with Crippen molar-refractivity contribution in [1.82, 2.24) is 14.8 Å². The predicted octanol–water partition coefficient (Wildman–Crippen LogP) is 1.95. The number of piperidine rings is 1. The van der Waals surface area contributed by atoms with Crippen molar-refractivity contribution < 1.29 is 14.3 Å². The van der Waals surface area contributed by atoms with Gasteiger partial charge in [0.1, 0.15) is 6.10 Å². The van der Waals surface area contributed by atoms with Gasteiger partial charge in [0, 0.05) is 51.7 Å². The minimum Gasteiger partial charge on any atom is -0.379 e. The summed E-state index contributed by atoms with van der Waals surface area (Å²) in [6.45, 7) is 8.39. The van der Waals surface area contributed by atoms with Crippen LogP contribution in [0.15, 0.2) is 24.5 Å². The number of carbonyl (C=O) groups is 1. The van der Waals surface area contributed by atoms with E-state index in [9.17, 15) is 4.79 Å². The van der Waals surface area contributed by atoms with E-state index in [2.05, 4.69) is 22.0 Å². The minimum absolute atomic E-state index is 0.0593. The third-order valence-electron chi connectivity index (χ3n) is 4.76. The Hall–Kier alpha value is -1.50. The largest absolute Gasteiger partial charge is 0.379 e. The summed E-state index contributed by atoms with van der Waals surface area (Å²) in [6, 6.07) is 4.41. The van der Waals surface area contributed by atoms with E-state index in [1.54, 1.807) is 0 Å². The quantitative estimate of drug-likeness (QED) is 0.638. The molecule has 0 radical (unpaired) electrons. The van der Waals surface area contributed by atoms with Gasteiger partial charge >= 0.3 is 0 Å². The van der Waals surface area contributed by atoms with Crippen LogP contribution in [-0.2, 0) is 20.8 Å². The molecule has 0 bridgehead atoms. The van der Waals surface area contributed by atoms with E-state index in [0.717, 1.165) is 32.5 Å². The zero-order valence-electron chi connectivity index (χ0n) is 15.7. The van der Waals surface area contributed by atoms with E-state index in [-0.39, 0.29) is 5.91 Å². The monoisotopic (exact) mass is 349 g/mol. The Morgan fingerprint density at radius 3 is 2.64 bits per heavy atom. The smallest absolute Gasteiger partial charge is 0.251 e. The number of aromatic nitrogens is 1. The van der Waals surface area contributed by atoms with Crippen LogP contribution < -0.4 is 0 Å². The number of likely N-dealkylation sites (tertiary alicyclic amines) is 1. The van der Waals surface area contributed by atoms with E-state index >= 15 is 0 Å². The molecule has 1 saturated heterocycles. The first-order valence-electron chi connectivity index (χ1n) is 9.19. The van der Waals surface area contributed by atoms with E-state index < -0.39 is 6.10 Å². The molecule has 0 aliphatic carbocycles. The molecule has 6 heteroatoms. The van der Waals surface area contributed by atoms with Gasteiger partial charge in [0.2, 0.25) is 0 Å². The van der Waals surface area contributed by atoms with Crippen LogP contribution in [0.4, 0.5) is 0 Å². The lowest BCUT2D eigenvalue weighted by Gasteiger charge is -2.37. The lowest BCUT2D eigenvalue weighted by Crippen LogP contribution is -2.48. The summed E-state index contributed by atoms with van der Waals surface area (Å²) in [5, 5.41) is 0. The first-order valence-corrected chi connectivity index (χ1v) is 9.19. The number of ether oxygens (including phenoxy) is 2. The Morgan fingerprint density at radius 2 is 2.00 bits per heavy atom. The molecule has 0 unspecified atom stereocenters. The molecular weight excluding hydrogens is 318 g/mol. The van der Waals surface area contributed by atoms with Gasteiger partial charge in [-0.2, -0.15) is 0 Å². The highest BCUT2D eigenvalue weighted by Gasteiger charge is 2.28. The van der Waals surface area contributed by atoms with Gasteiger partial charge in [-0.25, -0.2) is 0 Å². The molecule has 1 amide bonds. The van der Waals surface area contributed by atoms with Crippen molar-refractivity contribution in [1.29, 1.82) is 0 Å². The molecule has 2 heterocycles. The molecule has 1 fully saturated rings. The number of nitrogens with zero attached hydrogens (tertiary/aromatic N) is 3. The van der Waals surface area contributed by atoms with Crippen LogP contribution in [-0.4, -0.2) is 72.8 Å². The first kappa shape index (κ1) is 19.8. The maximum Gasteiger partial charge on any atom is 0.251 e. The maximum atomic E-state index is 12.5. The maximum absolute atomic E-state index is 12.5. The molecule has 1 aliphatic heterocycles. The second-order valence-corrected chi connectivity index (χ2v) is 6.52. The molecule has 1 atom stereocenters. The van der Waals surface area contributed by atoms with Crippen LogP contribution in [0.3, 0.4) is 0 Å². The number of rotatable bonds is 9. The van der Waals surface area contributed by atoms with Gasteiger partial charge in [-0.3, -0.25) is 14.7 Å². The van der Waals surface area contributed by atoms with E-state index in [4.69, 9.17) is 9.47 Å². The highest BCUT2D eigenvalue weighted by molar-refractivity contribution is 5.80. The zero-order valence-corrected chi connectivity index (χ0v) is 15.7. The van der Waals surface area contributed by atoms with Crippen molar-refractivity contribution in [2.24, 2.45) is 0 Å². The highest BCUT2D eigenvalue weighted by Crippen LogP contribution is 2.18. The van der Waals surface area contributed by atoms with Gasteiger partial charge in [0.25, 0.3) is 5.91 Å². The van der Waals surface area contributed by atoms with Crippen molar-refractivity contribution in [3.05, 3.63) is 30.1 Å². The van der Waals surface area contributed by atoms with Gasteiger partial charge in [-0.1, -0.05) is 0 Å². The summed E-state index contributed by atoms with van der Waals surface area (Å²) < 4.78 is 10.8. The molecule has 25 heavy (non-hydrogen) atoms. The summed E-state index contributed by atoms with van der Waals surface area (Å²) >= 11 is 0. The molecule has 1 aromatic rings. The van der Waals surface area contributed by atoms with Gasteiger partial charge < -0.3 is 14.4 Å². The van der Waals surface area contributed by atoms with Crippen LogP contribution in [0.1, 0.15) is 32.3 Å². The third-order valence-corrected chi connectivity index (χ3v) is 4.76. The summed E-state index contributed by atoms with van der Waals surface area (Å²) in [4.78, 5) is 20.9. The second kappa shape index (κ2) is 10.5. The molecule has 0 saturated carbocycles. The lowest BCUT2D eigenvalue weighted by atomic mass is 10.0. The van der Waals surface area contributed by atoms with Gasteiger partial charge in [-0.15, -0.1) is 0 Å². The summed E-state index contributed by atoms with van der Waals surface area (Å²) in [5.74, 6) is 0.0593. The average molecular weight is 349 g/mol. The Morgan fingerprint density at radius 1 is 1.32 bits per heavy atom. The van der Waals surface area contributed by atoms with E-state index in [0.29, 0.717) is 25.9 Å². The predicted molar refractivity (Wildman–Crippen MR) is 97.2 cm³/mol.